The molecule has 1 aliphatic rings. The van der Waals surface area contributed by atoms with Crippen molar-refractivity contribution in [1.82, 2.24) is 0 Å². The SMILES string of the molecule is CC.CC.CC.CC.CC1CCC(C)CC1.c1ccc(-c2ccccc2)cc1.c1ccccc1. The summed E-state index contributed by atoms with van der Waals surface area (Å²) in [5.41, 5.74) is 2.55. The minimum atomic E-state index is 1.02. The fraction of sp³-hybridized carbons (Fsp3) is 0.471. The van der Waals surface area contributed by atoms with Crippen LogP contribution in [0.4, 0.5) is 0 Å². The van der Waals surface area contributed by atoms with Gasteiger partial charge in [0.05, 0.1) is 0 Å². The molecule has 0 unspecified atom stereocenters. The summed E-state index contributed by atoms with van der Waals surface area (Å²) in [4.78, 5) is 0. The van der Waals surface area contributed by atoms with Gasteiger partial charge in [0, 0.05) is 0 Å². The molecule has 0 spiro atoms. The van der Waals surface area contributed by atoms with Gasteiger partial charge in [0.15, 0.2) is 0 Å². The van der Waals surface area contributed by atoms with Crippen LogP contribution in [0.5, 0.6) is 0 Å². The van der Waals surface area contributed by atoms with Crippen LogP contribution in [0.25, 0.3) is 11.1 Å². The van der Waals surface area contributed by atoms with Crippen LogP contribution in [0.2, 0.25) is 0 Å². The summed E-state index contributed by atoms with van der Waals surface area (Å²) < 4.78 is 0. The number of rotatable bonds is 1. The zero-order valence-corrected chi connectivity index (χ0v) is 24.2. The first-order valence-corrected chi connectivity index (χ1v) is 13.9. The molecule has 0 atom stereocenters. The fourth-order valence-corrected chi connectivity index (χ4v) is 3.07. The van der Waals surface area contributed by atoms with Crippen LogP contribution in [0.15, 0.2) is 97.1 Å². The second-order valence-electron chi connectivity index (χ2n) is 7.25. The summed E-state index contributed by atoms with van der Waals surface area (Å²) in [5.74, 6) is 2.04. The fourth-order valence-electron chi connectivity index (χ4n) is 3.07. The third-order valence-corrected chi connectivity index (χ3v) is 4.85. The van der Waals surface area contributed by atoms with Gasteiger partial charge in [-0.1, -0.05) is 192 Å². The molecule has 192 valence electrons. The molecule has 3 aromatic carbocycles. The average Bonchev–Trinajstić information content (AvgIpc) is 2.97. The lowest BCUT2D eigenvalue weighted by atomic mass is 9.84. The summed E-state index contributed by atoms with van der Waals surface area (Å²) in [6.07, 6.45) is 5.89. The maximum absolute atomic E-state index is 2.37. The zero-order chi connectivity index (χ0) is 26.5. The van der Waals surface area contributed by atoms with Crippen LogP contribution in [0.1, 0.15) is 94.9 Å². The van der Waals surface area contributed by atoms with Gasteiger partial charge in [-0.05, 0) is 23.0 Å². The Kier molecular flexibility index (Phi) is 32.7. The molecule has 0 saturated heterocycles. The summed E-state index contributed by atoms with van der Waals surface area (Å²) in [6, 6.07) is 32.8. The molecule has 3 aromatic rings. The predicted molar refractivity (Wildman–Crippen MR) is 161 cm³/mol. The normalized spacial score (nSPS) is 14.9. The largest absolute Gasteiger partial charge is 0.0683 e. The highest BCUT2D eigenvalue weighted by Crippen LogP contribution is 2.27. The molecular formula is C34H56. The molecular weight excluding hydrogens is 408 g/mol. The van der Waals surface area contributed by atoms with Gasteiger partial charge in [0.1, 0.15) is 0 Å². The monoisotopic (exact) mass is 464 g/mol. The topological polar surface area (TPSA) is 0 Å². The van der Waals surface area contributed by atoms with E-state index in [0.29, 0.717) is 0 Å². The Morgan fingerprint density at radius 2 is 0.529 bits per heavy atom. The molecule has 0 radical (unpaired) electrons. The van der Waals surface area contributed by atoms with Crippen molar-refractivity contribution in [1.29, 1.82) is 0 Å². The summed E-state index contributed by atoms with van der Waals surface area (Å²) in [6.45, 7) is 20.7. The van der Waals surface area contributed by atoms with Gasteiger partial charge >= 0.3 is 0 Å². The highest BCUT2D eigenvalue weighted by molar-refractivity contribution is 5.62. The molecule has 4 rings (SSSR count). The summed E-state index contributed by atoms with van der Waals surface area (Å²) >= 11 is 0. The van der Waals surface area contributed by atoms with Gasteiger partial charge < -0.3 is 0 Å². The zero-order valence-electron chi connectivity index (χ0n) is 24.2. The Bertz CT molecular complexity index is 591. The summed E-state index contributed by atoms with van der Waals surface area (Å²) in [7, 11) is 0. The van der Waals surface area contributed by atoms with Crippen molar-refractivity contribution in [2.24, 2.45) is 11.8 Å². The van der Waals surface area contributed by atoms with Gasteiger partial charge in [-0.3, -0.25) is 0 Å². The van der Waals surface area contributed by atoms with Crippen LogP contribution in [0.3, 0.4) is 0 Å². The van der Waals surface area contributed by atoms with Crippen molar-refractivity contribution in [3.05, 3.63) is 97.1 Å². The van der Waals surface area contributed by atoms with Gasteiger partial charge in [-0.2, -0.15) is 0 Å². The molecule has 34 heavy (non-hydrogen) atoms. The van der Waals surface area contributed by atoms with E-state index in [9.17, 15) is 0 Å². The van der Waals surface area contributed by atoms with E-state index in [1.165, 1.54) is 36.8 Å². The molecule has 0 aliphatic heterocycles. The quantitative estimate of drug-likeness (QED) is 0.336. The third kappa shape index (κ3) is 21.5. The number of hydrogen-bond acceptors (Lipinski definition) is 0. The third-order valence-electron chi connectivity index (χ3n) is 4.85. The predicted octanol–water partition coefficient (Wildman–Crippen LogP) is 12.0. The average molecular weight is 465 g/mol. The van der Waals surface area contributed by atoms with Crippen LogP contribution in [-0.2, 0) is 0 Å². The van der Waals surface area contributed by atoms with Gasteiger partial charge in [0.2, 0.25) is 0 Å². The van der Waals surface area contributed by atoms with E-state index in [1.807, 2.05) is 104 Å². The van der Waals surface area contributed by atoms with Crippen molar-refractivity contribution in [3.8, 4) is 11.1 Å². The first-order valence-electron chi connectivity index (χ1n) is 13.9. The molecule has 1 aliphatic carbocycles. The molecule has 0 heterocycles. The molecule has 1 saturated carbocycles. The molecule has 0 amide bonds. The molecule has 0 aromatic heterocycles. The maximum Gasteiger partial charge on any atom is -0.0184 e. The maximum atomic E-state index is 2.37. The van der Waals surface area contributed by atoms with E-state index in [-0.39, 0.29) is 0 Å². The van der Waals surface area contributed by atoms with Gasteiger partial charge in [-0.15, -0.1) is 0 Å². The lowest BCUT2D eigenvalue weighted by molar-refractivity contribution is 0.308. The first-order chi connectivity index (χ1) is 16.8. The minimum absolute atomic E-state index is 1.02. The van der Waals surface area contributed by atoms with E-state index < -0.39 is 0 Å². The standard InChI is InChI=1S/C12H10.C8H16.C6H6.4C2H6/c1-3-7-11(8-4-1)12-9-5-2-6-10-12;1-7-3-5-8(2)6-4-7;1-2-4-6-5-3-1;4*1-2/h1-10H;7-8H,3-6H2,1-2H3;1-6H;4*1-2H3. The van der Waals surface area contributed by atoms with Crippen LogP contribution in [-0.4, -0.2) is 0 Å². The van der Waals surface area contributed by atoms with Crippen molar-refractivity contribution >= 4 is 0 Å². The van der Waals surface area contributed by atoms with Crippen molar-refractivity contribution < 1.29 is 0 Å². The van der Waals surface area contributed by atoms with E-state index in [1.54, 1.807) is 0 Å². The molecule has 0 nitrogen and oxygen atoms in total. The molecule has 0 bridgehead atoms. The summed E-state index contributed by atoms with van der Waals surface area (Å²) in [5, 5.41) is 0. The highest BCUT2D eigenvalue weighted by atomic mass is 14.2. The van der Waals surface area contributed by atoms with Crippen molar-refractivity contribution in [2.45, 2.75) is 94.9 Å². The van der Waals surface area contributed by atoms with E-state index >= 15 is 0 Å². The Hall–Kier alpha value is -2.34. The molecule has 0 N–H and O–H groups in total. The van der Waals surface area contributed by atoms with E-state index in [4.69, 9.17) is 0 Å². The van der Waals surface area contributed by atoms with Crippen molar-refractivity contribution in [2.75, 3.05) is 0 Å². The van der Waals surface area contributed by atoms with Crippen LogP contribution >= 0.6 is 0 Å². The van der Waals surface area contributed by atoms with Gasteiger partial charge in [0.25, 0.3) is 0 Å². The smallest absolute Gasteiger partial charge is 0.0184 e. The lowest BCUT2D eigenvalue weighted by Gasteiger charge is -2.22. The van der Waals surface area contributed by atoms with Crippen molar-refractivity contribution in [3.63, 3.8) is 0 Å². The Morgan fingerprint density at radius 3 is 0.735 bits per heavy atom. The second-order valence-corrected chi connectivity index (χ2v) is 7.25. The van der Waals surface area contributed by atoms with Crippen LogP contribution in [0, 0.1) is 11.8 Å². The van der Waals surface area contributed by atoms with E-state index in [0.717, 1.165) is 11.8 Å². The number of benzene rings is 3. The second kappa shape index (κ2) is 30.7. The Labute approximate surface area is 214 Å². The first kappa shape index (κ1) is 36.2. The molecule has 1 fully saturated rings. The van der Waals surface area contributed by atoms with Crippen LogP contribution < -0.4 is 0 Å². The highest BCUT2D eigenvalue weighted by Gasteiger charge is 2.13. The minimum Gasteiger partial charge on any atom is -0.0683 e. The lowest BCUT2D eigenvalue weighted by Crippen LogP contribution is -2.08. The number of hydrogen-bond donors (Lipinski definition) is 0. The van der Waals surface area contributed by atoms with E-state index in [2.05, 4.69) is 62.4 Å². The molecule has 0 heteroatoms. The Balaban J connectivity index is -0.000000384. The van der Waals surface area contributed by atoms with Gasteiger partial charge in [-0.25, -0.2) is 0 Å². The Morgan fingerprint density at radius 1 is 0.353 bits per heavy atom.